The number of likely N-dealkylation sites (tertiary alicyclic amines) is 2. The third kappa shape index (κ3) is 4.63. The van der Waals surface area contributed by atoms with Crippen LogP contribution in [0.25, 0.3) is 0 Å². The molecule has 0 aromatic heterocycles. The molecule has 174 valence electrons. The van der Waals surface area contributed by atoms with Crippen molar-refractivity contribution < 1.29 is 9.59 Å². The summed E-state index contributed by atoms with van der Waals surface area (Å²) in [7, 11) is 0. The fraction of sp³-hybridized carbons (Fsp3) is 0.333. The van der Waals surface area contributed by atoms with Crippen molar-refractivity contribution in [2.75, 3.05) is 19.6 Å². The molecule has 4 heteroatoms. The van der Waals surface area contributed by atoms with Gasteiger partial charge in [-0.25, -0.2) is 0 Å². The van der Waals surface area contributed by atoms with Crippen molar-refractivity contribution in [1.29, 1.82) is 0 Å². The summed E-state index contributed by atoms with van der Waals surface area (Å²) in [5, 5.41) is 0. The average Bonchev–Trinajstić information content (AvgIpc) is 2.89. The lowest BCUT2D eigenvalue weighted by molar-refractivity contribution is -0.140. The van der Waals surface area contributed by atoms with Crippen LogP contribution in [-0.4, -0.2) is 47.3 Å². The van der Waals surface area contributed by atoms with Crippen LogP contribution in [0.3, 0.4) is 0 Å². The predicted octanol–water partition coefficient (Wildman–Crippen LogP) is 5.28. The smallest absolute Gasteiger partial charge is 0.253 e. The minimum absolute atomic E-state index is 0.105. The van der Waals surface area contributed by atoms with Gasteiger partial charge in [-0.3, -0.25) is 9.59 Å². The van der Waals surface area contributed by atoms with Crippen LogP contribution in [0.15, 0.2) is 84.9 Å². The van der Waals surface area contributed by atoms with E-state index in [2.05, 4.69) is 53.4 Å². The van der Waals surface area contributed by atoms with E-state index in [0.29, 0.717) is 25.4 Å². The maximum absolute atomic E-state index is 13.2. The van der Waals surface area contributed by atoms with E-state index in [0.717, 1.165) is 30.5 Å². The number of carbonyl (C=O) groups excluding carboxylic acids is 2. The van der Waals surface area contributed by atoms with Gasteiger partial charge in [0.15, 0.2) is 0 Å². The van der Waals surface area contributed by atoms with Crippen LogP contribution in [0, 0.1) is 12.8 Å². The summed E-state index contributed by atoms with van der Waals surface area (Å²) < 4.78 is 0. The summed E-state index contributed by atoms with van der Waals surface area (Å²) >= 11 is 0. The second-order valence-electron chi connectivity index (χ2n) is 9.69. The topological polar surface area (TPSA) is 40.6 Å². The quantitative estimate of drug-likeness (QED) is 0.528. The second-order valence-corrected chi connectivity index (χ2v) is 9.69. The van der Waals surface area contributed by atoms with Gasteiger partial charge in [-0.1, -0.05) is 78.4 Å². The molecule has 3 aromatic rings. The fourth-order valence-electron chi connectivity index (χ4n) is 5.62. The van der Waals surface area contributed by atoms with Gasteiger partial charge in [0.2, 0.25) is 5.91 Å². The SMILES string of the molecule is Cc1ccc(C(=O)N2CC[C@H]3[C@H](CCC(=O)N3CC(c3ccccc3)c3ccccc3)C2)cc1. The summed E-state index contributed by atoms with van der Waals surface area (Å²) in [6.07, 6.45) is 2.26. The summed E-state index contributed by atoms with van der Waals surface area (Å²) in [6, 6.07) is 29.0. The highest BCUT2D eigenvalue weighted by Gasteiger charge is 2.41. The Morgan fingerprint density at radius 1 is 0.882 bits per heavy atom. The van der Waals surface area contributed by atoms with Crippen LogP contribution in [-0.2, 0) is 4.79 Å². The van der Waals surface area contributed by atoms with E-state index in [1.807, 2.05) is 48.2 Å². The van der Waals surface area contributed by atoms with Gasteiger partial charge in [0, 0.05) is 43.6 Å². The molecule has 0 aliphatic carbocycles. The highest BCUT2D eigenvalue weighted by Crippen LogP contribution is 2.35. The van der Waals surface area contributed by atoms with Crippen LogP contribution in [0.5, 0.6) is 0 Å². The summed E-state index contributed by atoms with van der Waals surface area (Å²) in [5.41, 5.74) is 4.37. The predicted molar refractivity (Wildman–Crippen MR) is 135 cm³/mol. The Hall–Kier alpha value is -3.40. The molecule has 2 atom stereocenters. The highest BCUT2D eigenvalue weighted by molar-refractivity contribution is 5.94. The van der Waals surface area contributed by atoms with Gasteiger partial charge in [-0.05, 0) is 48.9 Å². The Morgan fingerprint density at radius 3 is 2.12 bits per heavy atom. The molecule has 0 unspecified atom stereocenters. The summed E-state index contributed by atoms with van der Waals surface area (Å²) in [6.45, 7) is 4.13. The van der Waals surface area contributed by atoms with Crippen molar-refractivity contribution in [2.45, 2.75) is 38.1 Å². The third-order valence-corrected chi connectivity index (χ3v) is 7.51. The highest BCUT2D eigenvalue weighted by atomic mass is 16.2. The molecular formula is C30H32N2O2. The lowest BCUT2D eigenvalue weighted by atomic mass is 9.81. The zero-order chi connectivity index (χ0) is 23.5. The molecule has 0 N–H and O–H groups in total. The number of piperidine rings is 2. The Kier molecular flexibility index (Phi) is 6.48. The third-order valence-electron chi connectivity index (χ3n) is 7.51. The van der Waals surface area contributed by atoms with E-state index in [9.17, 15) is 9.59 Å². The van der Waals surface area contributed by atoms with Crippen LogP contribution < -0.4 is 0 Å². The van der Waals surface area contributed by atoms with E-state index in [-0.39, 0.29) is 23.8 Å². The maximum Gasteiger partial charge on any atom is 0.253 e. The van der Waals surface area contributed by atoms with Crippen molar-refractivity contribution in [3.8, 4) is 0 Å². The summed E-state index contributed by atoms with van der Waals surface area (Å²) in [4.78, 5) is 30.4. The molecule has 2 amide bonds. The first kappa shape index (κ1) is 22.4. The van der Waals surface area contributed by atoms with E-state index in [4.69, 9.17) is 0 Å². The van der Waals surface area contributed by atoms with Crippen LogP contribution in [0.1, 0.15) is 52.2 Å². The van der Waals surface area contributed by atoms with E-state index < -0.39 is 0 Å². The zero-order valence-corrected chi connectivity index (χ0v) is 19.8. The van der Waals surface area contributed by atoms with Crippen molar-refractivity contribution in [2.24, 2.45) is 5.92 Å². The Morgan fingerprint density at radius 2 is 1.50 bits per heavy atom. The monoisotopic (exact) mass is 452 g/mol. The standard InChI is InChI=1S/C30H32N2O2/c1-22-12-14-25(15-13-22)30(34)31-19-18-28-26(20-31)16-17-29(33)32(28)21-27(23-8-4-2-5-9-23)24-10-6-3-7-11-24/h2-15,26-28H,16-21H2,1H3/t26-,28+/m1/s1. The van der Waals surface area contributed by atoms with Crippen molar-refractivity contribution in [1.82, 2.24) is 9.80 Å². The van der Waals surface area contributed by atoms with Gasteiger partial charge in [0.25, 0.3) is 5.91 Å². The molecule has 3 aromatic carbocycles. The molecule has 34 heavy (non-hydrogen) atoms. The van der Waals surface area contributed by atoms with Gasteiger partial charge in [0.1, 0.15) is 0 Å². The van der Waals surface area contributed by atoms with Crippen molar-refractivity contribution in [3.05, 3.63) is 107 Å². The maximum atomic E-state index is 13.2. The van der Waals surface area contributed by atoms with Crippen molar-refractivity contribution in [3.63, 3.8) is 0 Å². The lowest BCUT2D eigenvalue weighted by Gasteiger charge is -2.48. The van der Waals surface area contributed by atoms with E-state index in [1.54, 1.807) is 0 Å². The van der Waals surface area contributed by atoms with Gasteiger partial charge in [-0.2, -0.15) is 0 Å². The molecule has 0 spiro atoms. The molecule has 0 saturated carbocycles. The van der Waals surface area contributed by atoms with Crippen molar-refractivity contribution >= 4 is 11.8 Å². The Balaban J connectivity index is 1.35. The largest absolute Gasteiger partial charge is 0.338 e. The Bertz CT molecular complexity index is 1090. The lowest BCUT2D eigenvalue weighted by Crippen LogP contribution is -2.57. The Labute approximate surface area is 202 Å². The molecule has 2 heterocycles. The molecule has 2 saturated heterocycles. The van der Waals surface area contributed by atoms with Crippen LogP contribution >= 0.6 is 0 Å². The first-order valence-corrected chi connectivity index (χ1v) is 12.4. The molecule has 4 nitrogen and oxygen atoms in total. The molecule has 2 aliphatic rings. The zero-order valence-electron chi connectivity index (χ0n) is 19.8. The number of nitrogens with zero attached hydrogens (tertiary/aromatic N) is 2. The fourth-order valence-corrected chi connectivity index (χ4v) is 5.62. The minimum Gasteiger partial charge on any atom is -0.338 e. The number of hydrogen-bond acceptors (Lipinski definition) is 2. The molecule has 2 aliphatic heterocycles. The van der Waals surface area contributed by atoms with Gasteiger partial charge >= 0.3 is 0 Å². The second kappa shape index (κ2) is 9.84. The van der Waals surface area contributed by atoms with Gasteiger partial charge in [0.05, 0.1) is 0 Å². The number of amides is 2. The summed E-state index contributed by atoms with van der Waals surface area (Å²) in [5.74, 6) is 0.815. The number of hydrogen-bond donors (Lipinski definition) is 0. The molecular weight excluding hydrogens is 420 g/mol. The van der Waals surface area contributed by atoms with Gasteiger partial charge in [-0.15, -0.1) is 0 Å². The minimum atomic E-state index is 0.105. The van der Waals surface area contributed by atoms with Crippen LogP contribution in [0.2, 0.25) is 0 Å². The average molecular weight is 453 g/mol. The number of aryl methyl sites for hydroxylation is 1. The number of benzene rings is 3. The first-order valence-electron chi connectivity index (χ1n) is 12.4. The van der Waals surface area contributed by atoms with E-state index in [1.165, 1.54) is 11.1 Å². The number of carbonyl (C=O) groups is 2. The molecule has 0 bridgehead atoms. The van der Waals surface area contributed by atoms with Gasteiger partial charge < -0.3 is 9.80 Å². The number of rotatable bonds is 5. The first-order chi connectivity index (χ1) is 16.6. The van der Waals surface area contributed by atoms with Crippen LogP contribution in [0.4, 0.5) is 0 Å². The normalized spacial score (nSPS) is 20.4. The van der Waals surface area contributed by atoms with E-state index >= 15 is 0 Å². The number of fused-ring (bicyclic) bond motifs is 1. The molecule has 2 fully saturated rings. The molecule has 0 radical (unpaired) electrons. The molecule has 5 rings (SSSR count).